The van der Waals surface area contributed by atoms with Gasteiger partial charge in [-0.2, -0.15) is 0 Å². The summed E-state index contributed by atoms with van der Waals surface area (Å²) in [5, 5.41) is 0. The molecule has 0 aromatic carbocycles. The van der Waals surface area contributed by atoms with Crippen LogP contribution >= 0.6 is 0 Å². The summed E-state index contributed by atoms with van der Waals surface area (Å²) < 4.78 is 0. The minimum atomic E-state index is 0. The molecule has 0 aliphatic heterocycles. The molecule has 0 spiro atoms. The van der Waals surface area contributed by atoms with Crippen LogP contribution in [-0.4, -0.2) is 11.0 Å². The van der Waals surface area contributed by atoms with Gasteiger partial charge in [0.25, 0.3) is 0 Å². The second kappa shape index (κ2) is 140. The van der Waals surface area contributed by atoms with Gasteiger partial charge in [0.15, 0.2) is 0 Å². The zero-order valence-corrected chi connectivity index (χ0v) is 5.37. The fourth-order valence-corrected chi connectivity index (χ4v) is 0. The molecule has 0 rings (SSSR count). The molecule has 0 saturated carbocycles. The van der Waals surface area contributed by atoms with E-state index in [9.17, 15) is 0 Å². The normalized spacial score (nSPS) is 0. The molecule has 0 aliphatic carbocycles. The van der Waals surface area contributed by atoms with Gasteiger partial charge in [-0.25, -0.2) is 0 Å². The van der Waals surface area contributed by atoms with E-state index in [2.05, 4.69) is 0 Å². The Morgan fingerprint density at radius 3 is 0.667 bits per heavy atom. The number of rotatable bonds is 0. The third-order valence-corrected chi connectivity index (χ3v) is 0. The van der Waals surface area contributed by atoms with E-state index in [1.807, 2.05) is 0 Å². The summed E-state index contributed by atoms with van der Waals surface area (Å²) in [7, 11) is 0. The fourth-order valence-electron chi connectivity index (χ4n) is 0. The van der Waals surface area contributed by atoms with Crippen LogP contribution in [0, 0.1) is 0 Å². The molecule has 0 aliphatic rings. The van der Waals surface area contributed by atoms with Crippen molar-refractivity contribution < 1.29 is 60.0 Å². The van der Waals surface area contributed by atoms with Crippen LogP contribution in [0.25, 0.3) is 0 Å². The van der Waals surface area contributed by atoms with E-state index in [4.69, 9.17) is 0 Å². The van der Waals surface area contributed by atoms with Gasteiger partial charge in [-0.05, 0) is 0 Å². The maximum absolute atomic E-state index is 0. The zero-order chi connectivity index (χ0) is 0. The molecule has 0 unspecified atom stereocenters. The summed E-state index contributed by atoms with van der Waals surface area (Å²) in [6, 6.07) is 0. The molecule has 6 heavy (non-hydrogen) atoms. The minimum absolute atomic E-state index is 0. The summed E-state index contributed by atoms with van der Waals surface area (Å²) in [6.07, 6.45) is 0. The Balaban J connectivity index is 0. The third kappa shape index (κ3) is 75.3. The molecule has 0 fully saturated rings. The van der Waals surface area contributed by atoms with Crippen molar-refractivity contribution in [1.82, 2.24) is 0 Å². The zero-order valence-electron chi connectivity index (χ0n) is 2.42. The Kier molecular flexibility index (Phi) is 5490. The van der Waals surface area contributed by atoms with E-state index >= 15 is 0 Å². The smallest absolute Gasteiger partial charge is 2.00 e. The summed E-state index contributed by atoms with van der Waals surface area (Å²) in [6.45, 7) is 0. The van der Waals surface area contributed by atoms with Crippen molar-refractivity contribution in [2.75, 3.05) is 0 Å². The molecular weight excluding hydrogens is 223 g/mol. The number of hydrogen-bond acceptors (Lipinski definition) is 2. The van der Waals surface area contributed by atoms with Gasteiger partial charge in [0, 0.05) is 0 Å². The van der Waals surface area contributed by atoms with Crippen molar-refractivity contribution in [2.45, 2.75) is 0 Å². The van der Waals surface area contributed by atoms with Crippen LogP contribution in [0.2, 0.25) is 0 Å². The van der Waals surface area contributed by atoms with Crippen LogP contribution in [0.5, 0.6) is 0 Å². The average molecular weight is 225 g/mol. The maximum Gasteiger partial charge on any atom is 4.00 e. The molecule has 6 heteroatoms. The molecule has 2 N–H and O–H groups in total. The standard InChI is InChI=1S/Cu.Mo.2H2O.2O/h;;2*1H2;;/q+2;+4;;;2*-2/p-2. The van der Waals surface area contributed by atoms with Crippen molar-refractivity contribution >= 4 is 0 Å². The average Bonchev–Trinajstić information content (AvgIpc) is 0. The molecule has 0 aromatic heterocycles. The first-order chi connectivity index (χ1) is 0. The largest absolute Gasteiger partial charge is 4.00 e. The van der Waals surface area contributed by atoms with Crippen molar-refractivity contribution in [3.05, 3.63) is 0 Å². The van der Waals surface area contributed by atoms with Crippen LogP contribution in [0.3, 0.4) is 0 Å². The molecular formula is H2CuMoO4. The molecule has 0 heterocycles. The molecule has 0 amide bonds. The molecule has 0 saturated heterocycles. The predicted octanol–water partition coefficient (Wildman–Crippen LogP) is -0.596. The Labute approximate surface area is 60.3 Å². The van der Waals surface area contributed by atoms with E-state index < -0.39 is 0 Å². The molecule has 0 aromatic rings. The molecule has 1 radical (unpaired) electrons. The monoisotopic (exact) mass is 227 g/mol. The quantitative estimate of drug-likeness (QED) is 0.512. The third-order valence-electron chi connectivity index (χ3n) is 0. The molecule has 0 atom stereocenters. The topological polar surface area (TPSA) is 117 Å². The van der Waals surface area contributed by atoms with E-state index in [1.54, 1.807) is 0 Å². The maximum atomic E-state index is 0. The van der Waals surface area contributed by atoms with Gasteiger partial charge in [0.05, 0.1) is 0 Å². The molecule has 0 bridgehead atoms. The van der Waals surface area contributed by atoms with Crippen molar-refractivity contribution in [3.8, 4) is 0 Å². The van der Waals surface area contributed by atoms with Crippen LogP contribution < -0.4 is 0 Å². The molecule has 43 valence electrons. The fraction of sp³-hybridized carbons (Fsp3) is 0. The van der Waals surface area contributed by atoms with E-state index in [-0.39, 0.29) is 60.0 Å². The predicted molar refractivity (Wildman–Crippen MR) is 5.24 cm³/mol. The second-order valence-electron chi connectivity index (χ2n) is 0. The van der Waals surface area contributed by atoms with Gasteiger partial charge < -0.3 is 21.9 Å². The SMILES string of the molecule is [Cu+2].[Mo+4].[O-2].[O-2].[OH-].[OH-]. The first-order valence-corrected chi connectivity index (χ1v) is 0. The van der Waals surface area contributed by atoms with Crippen molar-refractivity contribution in [3.63, 3.8) is 0 Å². The summed E-state index contributed by atoms with van der Waals surface area (Å²) in [5.41, 5.74) is 0. The van der Waals surface area contributed by atoms with Gasteiger partial charge in [0.1, 0.15) is 0 Å². The van der Waals surface area contributed by atoms with Gasteiger partial charge in [0.2, 0.25) is 0 Å². The van der Waals surface area contributed by atoms with Gasteiger partial charge in [-0.1, -0.05) is 0 Å². The first kappa shape index (κ1) is 235. The minimum Gasteiger partial charge on any atom is -2.00 e. The Bertz CT molecular complexity index is 7.51. The summed E-state index contributed by atoms with van der Waals surface area (Å²) >= 11 is 0. The van der Waals surface area contributed by atoms with Crippen LogP contribution in [-0.2, 0) is 49.1 Å². The van der Waals surface area contributed by atoms with Crippen LogP contribution in [0.15, 0.2) is 0 Å². The van der Waals surface area contributed by atoms with Crippen molar-refractivity contribution in [2.24, 2.45) is 0 Å². The Morgan fingerprint density at radius 2 is 0.667 bits per heavy atom. The number of hydrogen-bond donors (Lipinski definition) is 0. The van der Waals surface area contributed by atoms with E-state index in [0.717, 1.165) is 0 Å². The van der Waals surface area contributed by atoms with Gasteiger partial charge >= 0.3 is 38.1 Å². The van der Waals surface area contributed by atoms with Gasteiger partial charge in [-0.15, -0.1) is 0 Å². The second-order valence-corrected chi connectivity index (χ2v) is 0. The van der Waals surface area contributed by atoms with Crippen molar-refractivity contribution in [1.29, 1.82) is 0 Å². The summed E-state index contributed by atoms with van der Waals surface area (Å²) in [4.78, 5) is 0. The molecule has 4 nitrogen and oxygen atoms in total. The van der Waals surface area contributed by atoms with Crippen LogP contribution in [0.4, 0.5) is 0 Å². The van der Waals surface area contributed by atoms with E-state index in [0.29, 0.717) is 0 Å². The van der Waals surface area contributed by atoms with Crippen LogP contribution in [0.1, 0.15) is 0 Å². The van der Waals surface area contributed by atoms with Gasteiger partial charge in [-0.3, -0.25) is 0 Å². The Hall–Kier alpha value is 1.05. The van der Waals surface area contributed by atoms with E-state index in [1.165, 1.54) is 0 Å². The Morgan fingerprint density at radius 1 is 0.667 bits per heavy atom. The first-order valence-electron chi connectivity index (χ1n) is 0. The summed E-state index contributed by atoms with van der Waals surface area (Å²) in [5.74, 6) is 0.